The van der Waals surface area contributed by atoms with E-state index in [4.69, 9.17) is 5.73 Å². The summed E-state index contributed by atoms with van der Waals surface area (Å²) in [5.74, 6) is 0. The molecule has 3 heteroatoms. The van der Waals surface area contributed by atoms with Crippen molar-refractivity contribution in [2.24, 2.45) is 0 Å². The van der Waals surface area contributed by atoms with Crippen molar-refractivity contribution in [1.82, 2.24) is 10.2 Å². The Kier molecular flexibility index (Phi) is 5.29. The number of hydrogen-bond donors (Lipinski definition) is 2. The molecule has 1 aromatic carbocycles. The van der Waals surface area contributed by atoms with Crippen molar-refractivity contribution in [1.29, 1.82) is 0 Å². The highest BCUT2D eigenvalue weighted by atomic mass is 15.1. The summed E-state index contributed by atoms with van der Waals surface area (Å²) in [6, 6.07) is 8.48. The van der Waals surface area contributed by atoms with Gasteiger partial charge < -0.3 is 16.0 Å². The lowest BCUT2D eigenvalue weighted by Gasteiger charge is -2.21. The topological polar surface area (TPSA) is 41.3 Å². The van der Waals surface area contributed by atoms with Crippen LogP contribution in [0.15, 0.2) is 24.3 Å². The number of rotatable bonds is 6. The number of para-hydroxylation sites is 1. The molecular weight excluding hydrogens is 198 g/mol. The summed E-state index contributed by atoms with van der Waals surface area (Å²) < 4.78 is 0. The van der Waals surface area contributed by atoms with Crippen LogP contribution in [-0.4, -0.2) is 31.1 Å². The van der Waals surface area contributed by atoms with Crippen LogP contribution >= 0.6 is 0 Å². The van der Waals surface area contributed by atoms with E-state index in [1.807, 2.05) is 18.2 Å². The Balaban J connectivity index is 2.37. The Morgan fingerprint density at radius 3 is 2.69 bits per heavy atom. The first-order valence-electron chi connectivity index (χ1n) is 5.88. The van der Waals surface area contributed by atoms with Crippen molar-refractivity contribution in [3.8, 4) is 0 Å². The highest BCUT2D eigenvalue weighted by molar-refractivity contribution is 5.46. The maximum Gasteiger partial charge on any atom is 0.0359 e. The molecule has 1 rings (SSSR count). The molecule has 0 radical (unpaired) electrons. The molecule has 3 N–H and O–H groups in total. The molecule has 0 amide bonds. The summed E-state index contributed by atoms with van der Waals surface area (Å²) in [4.78, 5) is 2.30. The van der Waals surface area contributed by atoms with Gasteiger partial charge in [0, 0.05) is 24.8 Å². The largest absolute Gasteiger partial charge is 0.398 e. The van der Waals surface area contributed by atoms with E-state index >= 15 is 0 Å². The van der Waals surface area contributed by atoms with Gasteiger partial charge in [0.15, 0.2) is 0 Å². The van der Waals surface area contributed by atoms with Crippen molar-refractivity contribution in [3.63, 3.8) is 0 Å². The quantitative estimate of drug-likeness (QED) is 0.718. The van der Waals surface area contributed by atoms with Gasteiger partial charge in [-0.1, -0.05) is 25.1 Å². The standard InChI is InChI=1S/C13H23N3/c1-4-16(3)10-11(2)15-9-12-7-5-6-8-13(12)14/h5-8,11,15H,4,9-10,14H2,1-3H3. The molecular formula is C13H23N3. The van der Waals surface area contributed by atoms with E-state index in [1.165, 1.54) is 5.56 Å². The second-order valence-corrected chi connectivity index (χ2v) is 4.34. The fourth-order valence-corrected chi connectivity index (χ4v) is 1.64. The minimum absolute atomic E-state index is 0.476. The number of nitrogens with one attached hydrogen (secondary N) is 1. The fraction of sp³-hybridized carbons (Fsp3) is 0.538. The normalized spacial score (nSPS) is 13.0. The molecule has 0 spiro atoms. The molecule has 0 saturated heterocycles. The van der Waals surface area contributed by atoms with E-state index in [0.717, 1.165) is 25.3 Å². The second-order valence-electron chi connectivity index (χ2n) is 4.34. The third-order valence-electron chi connectivity index (χ3n) is 2.82. The van der Waals surface area contributed by atoms with E-state index in [0.29, 0.717) is 6.04 Å². The van der Waals surface area contributed by atoms with Crippen molar-refractivity contribution in [2.45, 2.75) is 26.4 Å². The molecule has 1 unspecified atom stereocenters. The average Bonchev–Trinajstić information content (AvgIpc) is 2.28. The fourth-order valence-electron chi connectivity index (χ4n) is 1.64. The number of nitrogen functional groups attached to an aromatic ring is 1. The summed E-state index contributed by atoms with van der Waals surface area (Å²) in [6.45, 7) is 7.35. The maximum atomic E-state index is 5.88. The van der Waals surface area contributed by atoms with Crippen LogP contribution in [0.4, 0.5) is 5.69 Å². The molecule has 0 aliphatic carbocycles. The van der Waals surface area contributed by atoms with E-state index < -0.39 is 0 Å². The molecule has 0 fully saturated rings. The Bertz CT molecular complexity index is 312. The third-order valence-corrected chi connectivity index (χ3v) is 2.82. The first-order chi connectivity index (χ1) is 7.63. The number of hydrogen-bond acceptors (Lipinski definition) is 3. The smallest absolute Gasteiger partial charge is 0.0359 e. The van der Waals surface area contributed by atoms with Crippen molar-refractivity contribution < 1.29 is 0 Å². The monoisotopic (exact) mass is 221 g/mol. The summed E-state index contributed by atoms with van der Waals surface area (Å²) in [7, 11) is 2.13. The van der Waals surface area contributed by atoms with Gasteiger partial charge in [-0.2, -0.15) is 0 Å². The van der Waals surface area contributed by atoms with Gasteiger partial charge in [0.25, 0.3) is 0 Å². The zero-order chi connectivity index (χ0) is 12.0. The number of nitrogens with two attached hydrogens (primary N) is 1. The minimum Gasteiger partial charge on any atom is -0.398 e. The lowest BCUT2D eigenvalue weighted by atomic mass is 10.1. The summed E-state index contributed by atoms with van der Waals surface area (Å²) in [5, 5.41) is 3.48. The van der Waals surface area contributed by atoms with Crippen molar-refractivity contribution in [3.05, 3.63) is 29.8 Å². The average molecular weight is 221 g/mol. The van der Waals surface area contributed by atoms with Gasteiger partial charge in [-0.3, -0.25) is 0 Å². The van der Waals surface area contributed by atoms with Gasteiger partial charge >= 0.3 is 0 Å². The second kappa shape index (κ2) is 6.51. The lowest BCUT2D eigenvalue weighted by molar-refractivity contribution is 0.309. The predicted octanol–water partition coefficient (Wildman–Crippen LogP) is 1.70. The minimum atomic E-state index is 0.476. The van der Waals surface area contributed by atoms with Crippen LogP contribution in [0.25, 0.3) is 0 Å². The third kappa shape index (κ3) is 4.21. The molecule has 0 bridgehead atoms. The zero-order valence-corrected chi connectivity index (χ0v) is 10.5. The molecule has 0 heterocycles. The molecule has 0 aromatic heterocycles. The Morgan fingerprint density at radius 1 is 1.38 bits per heavy atom. The van der Waals surface area contributed by atoms with Crippen LogP contribution in [0.1, 0.15) is 19.4 Å². The van der Waals surface area contributed by atoms with Crippen LogP contribution in [-0.2, 0) is 6.54 Å². The van der Waals surface area contributed by atoms with Gasteiger partial charge in [0.05, 0.1) is 0 Å². The van der Waals surface area contributed by atoms with E-state index in [9.17, 15) is 0 Å². The molecule has 1 aromatic rings. The molecule has 0 saturated carbocycles. The molecule has 0 aliphatic heterocycles. The van der Waals surface area contributed by atoms with Crippen LogP contribution < -0.4 is 11.1 Å². The highest BCUT2D eigenvalue weighted by Crippen LogP contribution is 2.09. The van der Waals surface area contributed by atoms with Crippen molar-refractivity contribution in [2.75, 3.05) is 25.9 Å². The number of benzene rings is 1. The van der Waals surface area contributed by atoms with Gasteiger partial charge in [-0.15, -0.1) is 0 Å². The zero-order valence-electron chi connectivity index (χ0n) is 10.5. The lowest BCUT2D eigenvalue weighted by Crippen LogP contribution is -2.37. The number of nitrogens with zero attached hydrogens (tertiary/aromatic N) is 1. The number of anilines is 1. The summed E-state index contributed by atoms with van der Waals surface area (Å²) >= 11 is 0. The first kappa shape index (κ1) is 13.0. The molecule has 3 nitrogen and oxygen atoms in total. The number of likely N-dealkylation sites (N-methyl/N-ethyl adjacent to an activating group) is 1. The molecule has 16 heavy (non-hydrogen) atoms. The Morgan fingerprint density at radius 2 is 2.06 bits per heavy atom. The van der Waals surface area contributed by atoms with Gasteiger partial charge in [-0.05, 0) is 32.1 Å². The Labute approximate surface area is 98.6 Å². The molecule has 1 atom stereocenters. The van der Waals surface area contributed by atoms with Crippen molar-refractivity contribution >= 4 is 5.69 Å². The van der Waals surface area contributed by atoms with Gasteiger partial charge in [0.1, 0.15) is 0 Å². The van der Waals surface area contributed by atoms with Gasteiger partial charge in [-0.25, -0.2) is 0 Å². The van der Waals surface area contributed by atoms with Crippen LogP contribution in [0.5, 0.6) is 0 Å². The SMILES string of the molecule is CCN(C)CC(C)NCc1ccccc1N. The van der Waals surface area contributed by atoms with Crippen LogP contribution in [0.3, 0.4) is 0 Å². The highest BCUT2D eigenvalue weighted by Gasteiger charge is 2.05. The van der Waals surface area contributed by atoms with E-state index in [-0.39, 0.29) is 0 Å². The first-order valence-corrected chi connectivity index (χ1v) is 5.88. The predicted molar refractivity (Wildman–Crippen MR) is 70.3 cm³/mol. The Hall–Kier alpha value is -1.06. The summed E-state index contributed by atoms with van der Waals surface area (Å²) in [6.07, 6.45) is 0. The maximum absolute atomic E-state index is 5.88. The molecule has 90 valence electrons. The van der Waals surface area contributed by atoms with E-state index in [2.05, 4.69) is 37.2 Å². The van der Waals surface area contributed by atoms with E-state index in [1.54, 1.807) is 0 Å². The van der Waals surface area contributed by atoms with Crippen LogP contribution in [0, 0.1) is 0 Å². The summed E-state index contributed by atoms with van der Waals surface area (Å²) in [5.41, 5.74) is 7.93. The van der Waals surface area contributed by atoms with Crippen LogP contribution in [0.2, 0.25) is 0 Å². The molecule has 0 aliphatic rings. The van der Waals surface area contributed by atoms with Gasteiger partial charge in [0.2, 0.25) is 0 Å².